The molecule has 16 heavy (non-hydrogen) atoms. The predicted molar refractivity (Wildman–Crippen MR) is 65.9 cm³/mol. The lowest BCUT2D eigenvalue weighted by atomic mass is 10.5. The molecule has 0 fully saturated rings. The van der Waals surface area contributed by atoms with Gasteiger partial charge in [0.25, 0.3) is 0 Å². The van der Waals surface area contributed by atoms with Crippen LogP contribution in [-0.2, 0) is 19.0 Å². The van der Waals surface area contributed by atoms with Gasteiger partial charge in [0.1, 0.15) is 15.4 Å². The highest BCUT2D eigenvalue weighted by Gasteiger charge is 2.14. The van der Waals surface area contributed by atoms with Crippen molar-refractivity contribution in [3.8, 4) is 0 Å². The van der Waals surface area contributed by atoms with Crippen LogP contribution in [0, 0.1) is 0 Å². The molecule has 0 N–H and O–H groups in total. The Labute approximate surface area is 99.8 Å². The van der Waals surface area contributed by atoms with Gasteiger partial charge in [-0.3, -0.25) is 0 Å². The minimum absolute atomic E-state index is 0.117. The fourth-order valence-corrected chi connectivity index (χ4v) is 2.64. The Morgan fingerprint density at radius 2 is 1.75 bits per heavy atom. The molecule has 0 aromatic rings. The van der Waals surface area contributed by atoms with Crippen LogP contribution in [0.15, 0.2) is 12.7 Å². The molecule has 0 saturated heterocycles. The van der Waals surface area contributed by atoms with Crippen LogP contribution >= 0.6 is 0 Å². The quantitative estimate of drug-likeness (QED) is 0.277. The summed E-state index contributed by atoms with van der Waals surface area (Å²) in [6.45, 7) is 11.2. The Kier molecular flexibility index (Phi) is 8.15. The topological polar surface area (TPSA) is 44.8 Å². The number of esters is 1. The number of carbonyl (C=O) groups excluding carboxylic acids is 1. The first-order valence-corrected chi connectivity index (χ1v) is 7.37. The molecule has 0 atom stereocenters. The largest absolute Gasteiger partial charge is 0.467 e. The summed E-state index contributed by atoms with van der Waals surface area (Å²) >= 11 is 0. The second kappa shape index (κ2) is 8.49. The smallest absolute Gasteiger partial charge is 0.329 e. The molecule has 0 aliphatic rings. The Bertz CT molecular complexity index is 206. The van der Waals surface area contributed by atoms with Crippen molar-refractivity contribution in [1.82, 2.24) is 0 Å². The number of hydrogen-bond acceptors (Lipinski definition) is 4. The average molecular weight is 246 g/mol. The van der Waals surface area contributed by atoms with Gasteiger partial charge in [-0.1, -0.05) is 6.58 Å². The lowest BCUT2D eigenvalue weighted by molar-refractivity contribution is -0.140. The van der Waals surface area contributed by atoms with E-state index in [9.17, 15) is 4.79 Å². The van der Waals surface area contributed by atoms with E-state index in [1.807, 2.05) is 27.7 Å². The number of rotatable bonds is 8. The predicted octanol–water partition coefficient (Wildman–Crippen LogP) is 0.975. The zero-order valence-corrected chi connectivity index (χ0v) is 12.0. The third-order valence-electron chi connectivity index (χ3n) is 1.61. The zero-order valence-electron chi connectivity index (χ0n) is 10.6. The second-order valence-corrected chi connectivity index (χ2v) is 5.61. The zero-order chi connectivity index (χ0) is 12.6. The Morgan fingerprint density at radius 1 is 1.25 bits per heavy atom. The first kappa shape index (κ1) is 15.3. The normalized spacial score (nSPS) is 11.9. The average Bonchev–Trinajstić information content (AvgIpc) is 2.15. The summed E-state index contributed by atoms with van der Waals surface area (Å²) in [7, 11) is -0.748. The van der Waals surface area contributed by atoms with Crippen molar-refractivity contribution >= 4 is 15.5 Å². The second-order valence-electron chi connectivity index (χ2n) is 3.96. The highest BCUT2D eigenvalue weighted by atomic mass is 28.2. The summed E-state index contributed by atoms with van der Waals surface area (Å²) in [6, 6.07) is 0. The van der Waals surface area contributed by atoms with Gasteiger partial charge in [0.2, 0.25) is 0 Å². The standard InChI is InChI=1S/C11H22O4Si/c1-6-10(12)13-7-16-11(14-8(2)3)15-9(4)5/h6,8-9,11H,1,7,16H2,2-5H3. The maximum Gasteiger partial charge on any atom is 0.329 e. The van der Waals surface area contributed by atoms with Gasteiger partial charge in [0, 0.05) is 6.08 Å². The number of carbonyl (C=O) groups is 1. The fraction of sp³-hybridized carbons (Fsp3) is 0.727. The SMILES string of the molecule is C=CC(=O)OC[SiH2]C(OC(C)C)OC(C)C. The highest BCUT2D eigenvalue weighted by molar-refractivity contribution is 6.36. The molecule has 0 unspecified atom stereocenters. The van der Waals surface area contributed by atoms with Gasteiger partial charge in [-0.05, 0) is 27.7 Å². The fourth-order valence-electron chi connectivity index (χ4n) is 1.09. The van der Waals surface area contributed by atoms with Crippen molar-refractivity contribution < 1.29 is 19.0 Å². The van der Waals surface area contributed by atoms with Crippen LogP contribution < -0.4 is 0 Å². The number of hydrogen-bond donors (Lipinski definition) is 0. The van der Waals surface area contributed by atoms with Gasteiger partial charge in [-0.2, -0.15) is 0 Å². The first-order chi connectivity index (χ1) is 7.45. The van der Waals surface area contributed by atoms with Gasteiger partial charge in [-0.15, -0.1) is 0 Å². The van der Waals surface area contributed by atoms with Crippen LogP contribution in [0.25, 0.3) is 0 Å². The Balaban J connectivity index is 3.91. The molecule has 0 bridgehead atoms. The molecule has 0 heterocycles. The summed E-state index contributed by atoms with van der Waals surface area (Å²) in [5.74, 6) is -0.585. The maximum absolute atomic E-state index is 10.8. The van der Waals surface area contributed by atoms with Crippen LogP contribution in [0.4, 0.5) is 0 Å². The molecule has 0 aliphatic heterocycles. The van der Waals surface area contributed by atoms with Gasteiger partial charge in [0.05, 0.1) is 18.4 Å². The van der Waals surface area contributed by atoms with Gasteiger partial charge in [0.15, 0.2) is 0 Å². The monoisotopic (exact) mass is 246 g/mol. The molecule has 4 nitrogen and oxygen atoms in total. The lowest BCUT2D eigenvalue weighted by Gasteiger charge is -2.22. The van der Waals surface area contributed by atoms with E-state index in [0.29, 0.717) is 6.23 Å². The lowest BCUT2D eigenvalue weighted by Crippen LogP contribution is -2.33. The molecular formula is C11H22O4Si. The van der Waals surface area contributed by atoms with Crippen LogP contribution in [0.5, 0.6) is 0 Å². The Hall–Kier alpha value is -0.653. The number of ether oxygens (including phenoxy) is 3. The minimum Gasteiger partial charge on any atom is -0.467 e. The van der Waals surface area contributed by atoms with E-state index in [0.717, 1.165) is 6.08 Å². The van der Waals surface area contributed by atoms with Crippen molar-refractivity contribution in [3.05, 3.63) is 12.7 Å². The van der Waals surface area contributed by atoms with Crippen LogP contribution in [0.3, 0.4) is 0 Å². The van der Waals surface area contributed by atoms with Crippen molar-refractivity contribution in [2.45, 2.75) is 45.8 Å². The summed E-state index contributed by atoms with van der Waals surface area (Å²) in [4.78, 5) is 10.8. The summed E-state index contributed by atoms with van der Waals surface area (Å²) in [5, 5.41) is 0. The van der Waals surface area contributed by atoms with E-state index in [-0.39, 0.29) is 24.1 Å². The molecule has 5 heteroatoms. The maximum atomic E-state index is 10.8. The van der Waals surface area contributed by atoms with Gasteiger partial charge < -0.3 is 14.2 Å². The molecule has 0 rings (SSSR count). The van der Waals surface area contributed by atoms with E-state index >= 15 is 0 Å². The van der Waals surface area contributed by atoms with E-state index in [1.54, 1.807) is 0 Å². The summed E-state index contributed by atoms with van der Waals surface area (Å²) < 4.78 is 16.1. The third-order valence-corrected chi connectivity index (χ3v) is 2.91. The van der Waals surface area contributed by atoms with Crippen LogP contribution in [0.2, 0.25) is 0 Å². The van der Waals surface area contributed by atoms with Crippen LogP contribution in [-0.4, -0.2) is 39.8 Å². The van der Waals surface area contributed by atoms with Crippen molar-refractivity contribution in [2.75, 3.05) is 6.23 Å². The molecule has 0 aliphatic carbocycles. The van der Waals surface area contributed by atoms with Crippen molar-refractivity contribution in [1.29, 1.82) is 0 Å². The highest BCUT2D eigenvalue weighted by Crippen LogP contribution is 2.02. The first-order valence-electron chi connectivity index (χ1n) is 5.55. The van der Waals surface area contributed by atoms with Crippen molar-refractivity contribution in [3.63, 3.8) is 0 Å². The summed E-state index contributed by atoms with van der Waals surface area (Å²) in [5.41, 5.74) is 0. The molecular weight excluding hydrogens is 224 g/mol. The third kappa shape index (κ3) is 8.64. The molecule has 0 amide bonds. The van der Waals surface area contributed by atoms with Gasteiger partial charge in [-0.25, -0.2) is 4.79 Å². The Morgan fingerprint density at radius 3 is 2.12 bits per heavy atom. The molecule has 0 spiro atoms. The summed E-state index contributed by atoms with van der Waals surface area (Å²) in [6.07, 6.45) is 1.81. The molecule has 0 aromatic carbocycles. The molecule has 0 radical (unpaired) electrons. The van der Waals surface area contributed by atoms with Gasteiger partial charge >= 0.3 is 5.97 Å². The van der Waals surface area contributed by atoms with E-state index in [2.05, 4.69) is 6.58 Å². The van der Waals surface area contributed by atoms with Crippen LogP contribution in [0.1, 0.15) is 27.7 Å². The minimum atomic E-state index is -0.748. The molecule has 0 saturated carbocycles. The van der Waals surface area contributed by atoms with E-state index in [1.165, 1.54) is 0 Å². The molecule has 0 aromatic heterocycles. The van der Waals surface area contributed by atoms with E-state index < -0.39 is 9.52 Å². The van der Waals surface area contributed by atoms with E-state index in [4.69, 9.17) is 14.2 Å². The van der Waals surface area contributed by atoms with Crippen molar-refractivity contribution in [2.24, 2.45) is 0 Å². The molecule has 94 valence electrons.